The second-order valence-corrected chi connectivity index (χ2v) is 5.42. The monoisotopic (exact) mass is 264 g/mol. The minimum atomic E-state index is 0.510. The van der Waals surface area contributed by atoms with Gasteiger partial charge in [-0.1, -0.05) is 32.0 Å². The molecule has 19 heavy (non-hydrogen) atoms. The van der Waals surface area contributed by atoms with Crippen molar-refractivity contribution in [2.45, 2.75) is 33.2 Å². The lowest BCUT2D eigenvalue weighted by atomic mass is 10.2. The first-order valence-electron chi connectivity index (χ1n) is 7.30. The molecule has 1 atom stereocenters. The van der Waals surface area contributed by atoms with Crippen molar-refractivity contribution in [1.82, 2.24) is 10.6 Å². The summed E-state index contributed by atoms with van der Waals surface area (Å²) in [5.41, 5.74) is 0. The molecule has 3 heteroatoms. The average molecular weight is 264 g/mol. The predicted molar refractivity (Wildman–Crippen MR) is 81.7 cm³/mol. The van der Waals surface area contributed by atoms with Gasteiger partial charge in [0.15, 0.2) is 0 Å². The lowest BCUT2D eigenvalue weighted by Gasteiger charge is -2.15. The minimum Gasteiger partial charge on any atom is -0.494 e. The molecule has 3 nitrogen and oxygen atoms in total. The second kappa shape index (κ2) is 9.82. The lowest BCUT2D eigenvalue weighted by molar-refractivity contribution is 0.304. The largest absolute Gasteiger partial charge is 0.494 e. The fourth-order valence-electron chi connectivity index (χ4n) is 1.79. The lowest BCUT2D eigenvalue weighted by Crippen LogP contribution is -2.38. The number of rotatable bonds is 10. The Morgan fingerprint density at radius 3 is 2.47 bits per heavy atom. The zero-order valence-electron chi connectivity index (χ0n) is 12.5. The van der Waals surface area contributed by atoms with Crippen LogP contribution in [0.5, 0.6) is 5.75 Å². The molecule has 0 bridgehead atoms. The van der Waals surface area contributed by atoms with E-state index in [1.165, 1.54) is 0 Å². The summed E-state index contributed by atoms with van der Waals surface area (Å²) in [6.07, 6.45) is 1.03. The van der Waals surface area contributed by atoms with Gasteiger partial charge in [0.1, 0.15) is 5.75 Å². The van der Waals surface area contributed by atoms with Gasteiger partial charge in [0.25, 0.3) is 0 Å². The average Bonchev–Trinajstić information content (AvgIpc) is 2.39. The Hall–Kier alpha value is -1.06. The molecule has 0 aliphatic carbocycles. The Morgan fingerprint density at radius 2 is 1.79 bits per heavy atom. The normalized spacial score (nSPS) is 12.6. The topological polar surface area (TPSA) is 33.3 Å². The quantitative estimate of drug-likeness (QED) is 0.637. The van der Waals surface area contributed by atoms with Crippen LogP contribution >= 0.6 is 0 Å². The highest BCUT2D eigenvalue weighted by atomic mass is 16.5. The number of nitrogens with one attached hydrogen (secondary N) is 2. The minimum absolute atomic E-state index is 0.510. The van der Waals surface area contributed by atoms with E-state index in [0.29, 0.717) is 12.0 Å². The molecule has 0 aliphatic rings. The van der Waals surface area contributed by atoms with E-state index in [4.69, 9.17) is 4.74 Å². The molecule has 1 rings (SSSR count). The Morgan fingerprint density at radius 1 is 1.05 bits per heavy atom. The van der Waals surface area contributed by atoms with Crippen LogP contribution in [0, 0.1) is 5.92 Å². The fourth-order valence-corrected chi connectivity index (χ4v) is 1.79. The number of hydrogen-bond acceptors (Lipinski definition) is 3. The van der Waals surface area contributed by atoms with Crippen LogP contribution in [0.2, 0.25) is 0 Å². The van der Waals surface area contributed by atoms with Crippen LogP contribution in [0.15, 0.2) is 30.3 Å². The van der Waals surface area contributed by atoms with Crippen molar-refractivity contribution in [2.75, 3.05) is 26.2 Å². The smallest absolute Gasteiger partial charge is 0.119 e. The Kier molecular flexibility index (Phi) is 8.26. The number of para-hydroxylation sites is 1. The van der Waals surface area contributed by atoms with Gasteiger partial charge in [-0.2, -0.15) is 0 Å². The highest BCUT2D eigenvalue weighted by Gasteiger charge is 2.01. The van der Waals surface area contributed by atoms with Crippen molar-refractivity contribution >= 4 is 0 Å². The molecule has 0 saturated carbocycles. The van der Waals surface area contributed by atoms with E-state index < -0.39 is 0 Å². The van der Waals surface area contributed by atoms with E-state index in [9.17, 15) is 0 Å². The van der Waals surface area contributed by atoms with Crippen LogP contribution in [0.25, 0.3) is 0 Å². The Labute approximate surface area is 117 Å². The van der Waals surface area contributed by atoms with E-state index in [-0.39, 0.29) is 0 Å². The SMILES string of the molecule is CC(C)CNCC(C)NCCCOc1ccccc1. The molecule has 1 aromatic rings. The van der Waals surface area contributed by atoms with Crippen molar-refractivity contribution < 1.29 is 4.74 Å². The first-order chi connectivity index (χ1) is 9.18. The van der Waals surface area contributed by atoms with Crippen LogP contribution in [0.4, 0.5) is 0 Å². The molecule has 0 aromatic heterocycles. The van der Waals surface area contributed by atoms with Crippen LogP contribution < -0.4 is 15.4 Å². The van der Waals surface area contributed by atoms with E-state index in [2.05, 4.69) is 31.4 Å². The third-order valence-electron chi connectivity index (χ3n) is 2.83. The maximum absolute atomic E-state index is 5.64. The molecule has 1 aromatic carbocycles. The summed E-state index contributed by atoms with van der Waals surface area (Å²) in [6, 6.07) is 10.5. The zero-order valence-corrected chi connectivity index (χ0v) is 12.5. The highest BCUT2D eigenvalue weighted by Crippen LogP contribution is 2.07. The van der Waals surface area contributed by atoms with Crippen LogP contribution in [0.3, 0.4) is 0 Å². The van der Waals surface area contributed by atoms with Gasteiger partial charge in [-0.3, -0.25) is 0 Å². The number of hydrogen-bond donors (Lipinski definition) is 2. The van der Waals surface area contributed by atoms with Crippen molar-refractivity contribution in [3.63, 3.8) is 0 Å². The van der Waals surface area contributed by atoms with E-state index in [1.807, 2.05) is 30.3 Å². The standard InChI is InChI=1S/C16H28N2O/c1-14(2)12-17-13-15(3)18-10-7-11-19-16-8-5-4-6-9-16/h4-6,8-9,14-15,17-18H,7,10-13H2,1-3H3. The fraction of sp³-hybridized carbons (Fsp3) is 0.625. The highest BCUT2D eigenvalue weighted by molar-refractivity contribution is 5.20. The van der Waals surface area contributed by atoms with Crippen molar-refractivity contribution in [1.29, 1.82) is 0 Å². The van der Waals surface area contributed by atoms with E-state index in [1.54, 1.807) is 0 Å². The van der Waals surface area contributed by atoms with E-state index in [0.717, 1.165) is 38.4 Å². The van der Waals surface area contributed by atoms with Gasteiger partial charge in [-0.15, -0.1) is 0 Å². The van der Waals surface area contributed by atoms with Crippen molar-refractivity contribution in [2.24, 2.45) is 5.92 Å². The number of ether oxygens (including phenoxy) is 1. The predicted octanol–water partition coefficient (Wildman–Crippen LogP) is 2.68. The summed E-state index contributed by atoms with van der Waals surface area (Å²) in [5.74, 6) is 1.67. The summed E-state index contributed by atoms with van der Waals surface area (Å²) >= 11 is 0. The van der Waals surface area contributed by atoms with Gasteiger partial charge in [-0.05, 0) is 44.5 Å². The van der Waals surface area contributed by atoms with Gasteiger partial charge in [0.2, 0.25) is 0 Å². The molecule has 0 aliphatic heterocycles. The summed E-state index contributed by atoms with van der Waals surface area (Å²) < 4.78 is 5.64. The third-order valence-corrected chi connectivity index (χ3v) is 2.83. The van der Waals surface area contributed by atoms with Gasteiger partial charge >= 0.3 is 0 Å². The van der Waals surface area contributed by atoms with Crippen LogP contribution in [-0.2, 0) is 0 Å². The summed E-state index contributed by atoms with van der Waals surface area (Å²) in [6.45, 7) is 10.5. The molecular weight excluding hydrogens is 236 g/mol. The van der Waals surface area contributed by atoms with Gasteiger partial charge in [0, 0.05) is 12.6 Å². The summed E-state index contributed by atoms with van der Waals surface area (Å²) in [4.78, 5) is 0. The van der Waals surface area contributed by atoms with Crippen molar-refractivity contribution in [3.05, 3.63) is 30.3 Å². The first kappa shape index (κ1) is 16.0. The zero-order chi connectivity index (χ0) is 13.9. The molecule has 2 N–H and O–H groups in total. The molecule has 0 saturated heterocycles. The summed E-state index contributed by atoms with van der Waals surface area (Å²) in [7, 11) is 0. The molecule has 0 spiro atoms. The van der Waals surface area contributed by atoms with Crippen LogP contribution in [0.1, 0.15) is 27.2 Å². The number of benzene rings is 1. The molecule has 108 valence electrons. The van der Waals surface area contributed by atoms with Gasteiger partial charge < -0.3 is 15.4 Å². The Balaban J connectivity index is 1.95. The second-order valence-electron chi connectivity index (χ2n) is 5.42. The van der Waals surface area contributed by atoms with Gasteiger partial charge in [0.05, 0.1) is 6.61 Å². The van der Waals surface area contributed by atoms with Crippen molar-refractivity contribution in [3.8, 4) is 5.75 Å². The van der Waals surface area contributed by atoms with Crippen LogP contribution in [-0.4, -0.2) is 32.3 Å². The molecule has 0 heterocycles. The maximum Gasteiger partial charge on any atom is 0.119 e. The summed E-state index contributed by atoms with van der Waals surface area (Å²) in [5, 5.41) is 6.96. The Bertz CT molecular complexity index is 314. The molecule has 1 unspecified atom stereocenters. The van der Waals surface area contributed by atoms with E-state index >= 15 is 0 Å². The molecule has 0 amide bonds. The first-order valence-corrected chi connectivity index (χ1v) is 7.30. The molecule has 0 radical (unpaired) electrons. The molecule has 0 fully saturated rings. The third kappa shape index (κ3) is 8.62. The maximum atomic E-state index is 5.64. The molecular formula is C16H28N2O. The van der Waals surface area contributed by atoms with Gasteiger partial charge in [-0.25, -0.2) is 0 Å².